The highest BCUT2D eigenvalue weighted by Gasteiger charge is 2.16. The van der Waals surface area contributed by atoms with Crippen LogP contribution in [0.1, 0.15) is 39.5 Å². The van der Waals surface area contributed by atoms with Crippen molar-refractivity contribution in [2.75, 3.05) is 6.54 Å². The van der Waals surface area contributed by atoms with Crippen molar-refractivity contribution in [3.8, 4) is 0 Å². The lowest BCUT2D eigenvalue weighted by Gasteiger charge is -2.26. The molecule has 0 spiro atoms. The zero-order valence-electron chi connectivity index (χ0n) is 7.69. The van der Waals surface area contributed by atoms with Crippen molar-refractivity contribution in [2.24, 2.45) is 5.92 Å². The molecule has 0 aromatic rings. The largest absolute Gasteiger partial charge is 0.258 e. The van der Waals surface area contributed by atoms with E-state index in [4.69, 9.17) is 0 Å². The van der Waals surface area contributed by atoms with Gasteiger partial charge in [0.15, 0.2) is 0 Å². The minimum atomic E-state index is 0.728. The van der Waals surface area contributed by atoms with Crippen LogP contribution < -0.4 is 10.9 Å². The highest BCUT2D eigenvalue weighted by Crippen LogP contribution is 2.22. The van der Waals surface area contributed by atoms with E-state index in [0.717, 1.165) is 18.5 Å². The van der Waals surface area contributed by atoms with Crippen LogP contribution in [-0.2, 0) is 0 Å². The van der Waals surface area contributed by atoms with Crippen LogP contribution in [-0.4, -0.2) is 12.6 Å². The Hall–Kier alpha value is -0.0800. The fraction of sp³-hybridized carbons (Fsp3) is 1.00. The maximum atomic E-state index is 3.34. The second-order valence-corrected chi connectivity index (χ2v) is 3.63. The monoisotopic (exact) mass is 156 g/mol. The van der Waals surface area contributed by atoms with Gasteiger partial charge in [-0.15, -0.1) is 0 Å². The van der Waals surface area contributed by atoms with Crippen LogP contribution in [0.2, 0.25) is 0 Å². The first kappa shape index (κ1) is 9.01. The normalized spacial score (nSPS) is 32.2. The third-order valence-electron chi connectivity index (χ3n) is 2.50. The maximum absolute atomic E-state index is 3.34. The molecule has 0 unspecified atom stereocenters. The summed E-state index contributed by atoms with van der Waals surface area (Å²) < 4.78 is 0. The molecular formula is C9H20N2. The van der Waals surface area contributed by atoms with Gasteiger partial charge >= 0.3 is 0 Å². The minimum absolute atomic E-state index is 0.728. The molecule has 1 aliphatic carbocycles. The minimum Gasteiger partial charge on any atom is -0.258 e. The van der Waals surface area contributed by atoms with Crippen LogP contribution in [0.4, 0.5) is 0 Å². The molecule has 0 atom stereocenters. The van der Waals surface area contributed by atoms with Crippen LogP contribution >= 0.6 is 0 Å². The molecule has 1 fully saturated rings. The smallest absolute Gasteiger partial charge is 0.0213 e. The lowest BCUT2D eigenvalue weighted by Crippen LogP contribution is -2.42. The Morgan fingerprint density at radius 1 is 1.18 bits per heavy atom. The van der Waals surface area contributed by atoms with Crippen LogP contribution in [0.25, 0.3) is 0 Å². The Bertz CT molecular complexity index is 93.0. The van der Waals surface area contributed by atoms with Crippen LogP contribution in [0, 0.1) is 5.92 Å². The molecular weight excluding hydrogens is 136 g/mol. The predicted molar refractivity (Wildman–Crippen MR) is 48.2 cm³/mol. The van der Waals surface area contributed by atoms with Crippen molar-refractivity contribution < 1.29 is 0 Å². The molecule has 0 saturated heterocycles. The molecule has 0 radical (unpaired) electrons. The van der Waals surface area contributed by atoms with E-state index < -0.39 is 0 Å². The highest BCUT2D eigenvalue weighted by molar-refractivity contribution is 4.73. The zero-order valence-corrected chi connectivity index (χ0v) is 7.69. The first-order chi connectivity index (χ1) is 5.33. The molecule has 0 bridgehead atoms. The third kappa shape index (κ3) is 3.21. The van der Waals surface area contributed by atoms with E-state index >= 15 is 0 Å². The summed E-state index contributed by atoms with van der Waals surface area (Å²) in [6.45, 7) is 5.49. The fourth-order valence-corrected chi connectivity index (χ4v) is 1.65. The van der Waals surface area contributed by atoms with E-state index in [-0.39, 0.29) is 0 Å². The molecule has 0 aromatic heterocycles. The molecule has 1 rings (SSSR count). The van der Waals surface area contributed by atoms with Gasteiger partial charge in [-0.05, 0) is 31.6 Å². The Morgan fingerprint density at radius 2 is 1.82 bits per heavy atom. The molecule has 2 N–H and O–H groups in total. The Morgan fingerprint density at radius 3 is 2.36 bits per heavy atom. The number of hydrogen-bond donors (Lipinski definition) is 2. The van der Waals surface area contributed by atoms with Crippen LogP contribution in [0.3, 0.4) is 0 Å². The van der Waals surface area contributed by atoms with E-state index in [1.807, 2.05) is 0 Å². The summed E-state index contributed by atoms with van der Waals surface area (Å²) >= 11 is 0. The molecule has 0 aromatic carbocycles. The van der Waals surface area contributed by atoms with Crippen molar-refractivity contribution in [1.82, 2.24) is 10.9 Å². The second-order valence-electron chi connectivity index (χ2n) is 3.63. The average molecular weight is 156 g/mol. The molecule has 1 saturated carbocycles. The van der Waals surface area contributed by atoms with Gasteiger partial charge in [0.25, 0.3) is 0 Å². The van der Waals surface area contributed by atoms with Gasteiger partial charge in [-0.3, -0.25) is 10.9 Å². The lowest BCUT2D eigenvalue weighted by atomic mass is 9.88. The summed E-state index contributed by atoms with van der Waals surface area (Å²) in [5.74, 6) is 0.953. The Labute approximate surface area is 69.7 Å². The predicted octanol–water partition coefficient (Wildman–Crippen LogP) is 1.68. The second kappa shape index (κ2) is 4.73. The van der Waals surface area contributed by atoms with Gasteiger partial charge in [-0.1, -0.05) is 13.8 Å². The van der Waals surface area contributed by atoms with Gasteiger partial charge in [0.1, 0.15) is 0 Å². The first-order valence-electron chi connectivity index (χ1n) is 4.81. The summed E-state index contributed by atoms with van der Waals surface area (Å²) in [5.41, 5.74) is 6.52. The standard InChI is InChI=1S/C9H20N2/c1-3-10-11-9-6-4-8(2)5-7-9/h8-11H,3-7H2,1-2H3. The van der Waals surface area contributed by atoms with Gasteiger partial charge in [-0.2, -0.15) is 0 Å². The SMILES string of the molecule is CCNNC1CCC(C)CC1. The van der Waals surface area contributed by atoms with E-state index in [2.05, 4.69) is 24.7 Å². The molecule has 2 heteroatoms. The lowest BCUT2D eigenvalue weighted by molar-refractivity contribution is 0.286. The molecule has 2 nitrogen and oxygen atoms in total. The molecule has 0 aliphatic heterocycles. The van der Waals surface area contributed by atoms with Crippen molar-refractivity contribution in [1.29, 1.82) is 0 Å². The Balaban J connectivity index is 2.07. The van der Waals surface area contributed by atoms with E-state index in [1.54, 1.807) is 0 Å². The van der Waals surface area contributed by atoms with Gasteiger partial charge in [-0.25, -0.2) is 0 Å². The number of hydrazine groups is 1. The van der Waals surface area contributed by atoms with E-state index in [1.165, 1.54) is 25.7 Å². The van der Waals surface area contributed by atoms with E-state index in [9.17, 15) is 0 Å². The number of rotatable bonds is 3. The third-order valence-corrected chi connectivity index (χ3v) is 2.50. The average Bonchev–Trinajstić information content (AvgIpc) is 2.04. The van der Waals surface area contributed by atoms with Crippen molar-refractivity contribution in [3.05, 3.63) is 0 Å². The topological polar surface area (TPSA) is 24.1 Å². The van der Waals surface area contributed by atoms with Crippen LogP contribution in [0.5, 0.6) is 0 Å². The van der Waals surface area contributed by atoms with Crippen molar-refractivity contribution in [3.63, 3.8) is 0 Å². The van der Waals surface area contributed by atoms with Crippen molar-refractivity contribution in [2.45, 2.75) is 45.6 Å². The number of nitrogens with one attached hydrogen (secondary N) is 2. The van der Waals surface area contributed by atoms with Crippen molar-refractivity contribution >= 4 is 0 Å². The van der Waals surface area contributed by atoms with Gasteiger partial charge in [0.05, 0.1) is 0 Å². The number of hydrogen-bond acceptors (Lipinski definition) is 2. The molecule has 0 heterocycles. The van der Waals surface area contributed by atoms with E-state index in [0.29, 0.717) is 0 Å². The summed E-state index contributed by atoms with van der Waals surface area (Å²) in [6.07, 6.45) is 5.47. The summed E-state index contributed by atoms with van der Waals surface area (Å²) in [7, 11) is 0. The van der Waals surface area contributed by atoms with Gasteiger partial charge in [0.2, 0.25) is 0 Å². The highest BCUT2D eigenvalue weighted by atomic mass is 15.4. The zero-order chi connectivity index (χ0) is 8.10. The Kier molecular flexibility index (Phi) is 3.87. The first-order valence-corrected chi connectivity index (χ1v) is 4.81. The van der Waals surface area contributed by atoms with Crippen LogP contribution in [0.15, 0.2) is 0 Å². The fourth-order valence-electron chi connectivity index (χ4n) is 1.65. The summed E-state index contributed by atoms with van der Waals surface area (Å²) in [5, 5.41) is 0. The van der Waals surface area contributed by atoms with Gasteiger partial charge < -0.3 is 0 Å². The summed E-state index contributed by atoms with van der Waals surface area (Å²) in [4.78, 5) is 0. The quantitative estimate of drug-likeness (QED) is 0.607. The summed E-state index contributed by atoms with van der Waals surface area (Å²) in [6, 6.07) is 0.728. The molecule has 11 heavy (non-hydrogen) atoms. The molecule has 0 amide bonds. The molecule has 1 aliphatic rings. The molecule has 66 valence electrons. The van der Waals surface area contributed by atoms with Gasteiger partial charge in [0, 0.05) is 12.6 Å². The maximum Gasteiger partial charge on any atom is 0.0213 e.